The van der Waals surface area contributed by atoms with Crippen LogP contribution in [0, 0.1) is 5.82 Å². The van der Waals surface area contributed by atoms with Crippen LogP contribution in [0.3, 0.4) is 0 Å². The van der Waals surface area contributed by atoms with Crippen molar-refractivity contribution in [2.75, 3.05) is 56.5 Å². The van der Waals surface area contributed by atoms with E-state index in [4.69, 9.17) is 9.90 Å². The number of carboxylic acid groups (broad SMARTS) is 1. The van der Waals surface area contributed by atoms with Crippen molar-refractivity contribution in [1.82, 2.24) is 30.0 Å². The zero-order valence-corrected chi connectivity index (χ0v) is 21.2. The first-order valence-corrected chi connectivity index (χ1v) is 12.0. The van der Waals surface area contributed by atoms with Gasteiger partial charge in [0.05, 0.1) is 22.4 Å². The number of benzene rings is 1. The molecule has 0 radical (unpaired) electrons. The van der Waals surface area contributed by atoms with Crippen LogP contribution in [0.15, 0.2) is 18.3 Å². The molecule has 15 heteroatoms. The molecule has 1 fully saturated rings. The standard InChI is InChI=1S/C21H29FN8O.C2HF3O2/c1-4-29(5-2)21(31)26-17-13-23-27-19(17)20-24-15-11-14(22)18(12-16(15)25-20)30-8-6-7-28(3)9-10-30;3-2(4,5)1(6)7/h11-13H,4-10H2,1-3H3,(H,23,27)(H,24,25)(H,26,31);(H,6,7). The second-order valence-electron chi connectivity index (χ2n) is 8.60. The lowest BCUT2D eigenvalue weighted by atomic mass is 10.2. The molecule has 0 saturated carbocycles. The second-order valence-corrected chi connectivity index (χ2v) is 8.60. The van der Waals surface area contributed by atoms with Crippen molar-refractivity contribution in [3.8, 4) is 11.5 Å². The number of halogens is 4. The van der Waals surface area contributed by atoms with Gasteiger partial charge in [0, 0.05) is 45.0 Å². The van der Waals surface area contributed by atoms with Crippen molar-refractivity contribution >= 4 is 34.4 Å². The molecule has 4 N–H and O–H groups in total. The summed E-state index contributed by atoms with van der Waals surface area (Å²) in [5, 5.41) is 17.0. The van der Waals surface area contributed by atoms with Crippen molar-refractivity contribution in [2.45, 2.75) is 26.4 Å². The number of aliphatic carboxylic acids is 1. The SMILES string of the molecule is CCN(CC)C(=O)Nc1c[nH]nc1-c1nc2cc(F)c(N3CCCN(C)CC3)cc2[nH]1.O=C(O)C(F)(F)F. The highest BCUT2D eigenvalue weighted by atomic mass is 19.4. The summed E-state index contributed by atoms with van der Waals surface area (Å²) < 4.78 is 46.6. The number of carbonyl (C=O) groups excluding carboxylic acids is 1. The van der Waals surface area contributed by atoms with Crippen LogP contribution in [0.1, 0.15) is 20.3 Å². The van der Waals surface area contributed by atoms with Crippen LogP contribution in [0.4, 0.5) is 33.7 Å². The Kier molecular flexibility index (Phi) is 9.14. The molecule has 0 aliphatic carbocycles. The lowest BCUT2D eigenvalue weighted by Gasteiger charge is -2.23. The molecule has 38 heavy (non-hydrogen) atoms. The predicted octanol–water partition coefficient (Wildman–Crippen LogP) is 3.74. The summed E-state index contributed by atoms with van der Waals surface area (Å²) in [4.78, 5) is 35.1. The van der Waals surface area contributed by atoms with E-state index in [-0.39, 0.29) is 11.8 Å². The molecular weight excluding hydrogens is 512 g/mol. The van der Waals surface area contributed by atoms with E-state index in [0.29, 0.717) is 41.5 Å². The quantitative estimate of drug-likeness (QED) is 0.361. The summed E-state index contributed by atoms with van der Waals surface area (Å²) in [6.07, 6.45) is -2.48. The average molecular weight is 543 g/mol. The summed E-state index contributed by atoms with van der Waals surface area (Å²) in [5.74, 6) is -2.57. The molecule has 0 bridgehead atoms. The molecule has 1 aromatic carbocycles. The van der Waals surface area contributed by atoms with E-state index in [1.807, 2.05) is 19.9 Å². The van der Waals surface area contributed by atoms with E-state index >= 15 is 0 Å². The number of carbonyl (C=O) groups is 2. The number of nitrogens with zero attached hydrogens (tertiary/aromatic N) is 5. The van der Waals surface area contributed by atoms with Gasteiger partial charge in [0.15, 0.2) is 11.5 Å². The number of anilines is 2. The van der Waals surface area contributed by atoms with Gasteiger partial charge in [-0.1, -0.05) is 0 Å². The van der Waals surface area contributed by atoms with Crippen LogP contribution in [0.25, 0.3) is 22.6 Å². The first-order chi connectivity index (χ1) is 17.9. The molecular formula is C23H30F4N8O3. The number of aromatic amines is 2. The Morgan fingerprint density at radius 3 is 2.47 bits per heavy atom. The molecule has 0 unspecified atom stereocenters. The number of likely N-dealkylation sites (N-methyl/N-ethyl adjacent to an activating group) is 1. The lowest BCUT2D eigenvalue weighted by Crippen LogP contribution is -2.34. The fourth-order valence-electron chi connectivity index (χ4n) is 3.93. The van der Waals surface area contributed by atoms with Gasteiger partial charge in [-0.2, -0.15) is 18.3 Å². The molecule has 1 saturated heterocycles. The van der Waals surface area contributed by atoms with E-state index in [2.05, 4.69) is 42.3 Å². The van der Waals surface area contributed by atoms with Crippen molar-refractivity contribution in [1.29, 1.82) is 0 Å². The molecule has 0 spiro atoms. The summed E-state index contributed by atoms with van der Waals surface area (Å²) in [6.45, 7) is 8.56. The van der Waals surface area contributed by atoms with E-state index in [0.717, 1.165) is 38.1 Å². The molecule has 1 aliphatic heterocycles. The summed E-state index contributed by atoms with van der Waals surface area (Å²) in [6, 6.07) is 3.07. The molecule has 208 valence electrons. The minimum absolute atomic E-state index is 0.205. The maximum atomic E-state index is 14.9. The third-order valence-electron chi connectivity index (χ3n) is 6.01. The molecule has 11 nitrogen and oxygen atoms in total. The van der Waals surface area contributed by atoms with Gasteiger partial charge in [-0.25, -0.2) is 19.0 Å². The summed E-state index contributed by atoms with van der Waals surface area (Å²) in [7, 11) is 2.09. The van der Waals surface area contributed by atoms with Crippen LogP contribution in [-0.2, 0) is 4.79 Å². The molecule has 2 amide bonds. The largest absolute Gasteiger partial charge is 0.490 e. The van der Waals surface area contributed by atoms with Gasteiger partial charge in [0.2, 0.25) is 0 Å². The minimum Gasteiger partial charge on any atom is -0.475 e. The lowest BCUT2D eigenvalue weighted by molar-refractivity contribution is -0.192. The number of urea groups is 1. The van der Waals surface area contributed by atoms with Crippen LogP contribution < -0.4 is 10.2 Å². The maximum absolute atomic E-state index is 14.9. The van der Waals surface area contributed by atoms with Gasteiger partial charge >= 0.3 is 18.2 Å². The van der Waals surface area contributed by atoms with Crippen molar-refractivity contribution < 1.29 is 32.3 Å². The molecule has 3 heterocycles. The first-order valence-electron chi connectivity index (χ1n) is 12.0. The van der Waals surface area contributed by atoms with Gasteiger partial charge in [0.1, 0.15) is 5.82 Å². The normalized spacial score (nSPS) is 14.6. The van der Waals surface area contributed by atoms with Crippen molar-refractivity contribution in [3.63, 3.8) is 0 Å². The number of imidazole rings is 1. The Bertz CT molecular complexity index is 1260. The highest BCUT2D eigenvalue weighted by Crippen LogP contribution is 2.30. The van der Waals surface area contributed by atoms with E-state index in [1.165, 1.54) is 6.07 Å². The number of H-pyrrole nitrogens is 2. The smallest absolute Gasteiger partial charge is 0.475 e. The number of rotatable bonds is 5. The van der Waals surface area contributed by atoms with Gasteiger partial charge in [-0.15, -0.1) is 0 Å². The van der Waals surface area contributed by atoms with Gasteiger partial charge in [-0.3, -0.25) is 5.10 Å². The number of amides is 2. The number of alkyl halides is 3. The van der Waals surface area contributed by atoms with Crippen LogP contribution in [0.5, 0.6) is 0 Å². The maximum Gasteiger partial charge on any atom is 0.490 e. The fraction of sp³-hybridized carbons (Fsp3) is 0.478. The molecule has 2 aromatic heterocycles. The van der Waals surface area contributed by atoms with Crippen molar-refractivity contribution in [2.24, 2.45) is 0 Å². The highest BCUT2D eigenvalue weighted by Gasteiger charge is 2.38. The topological polar surface area (TPSA) is 133 Å². The summed E-state index contributed by atoms with van der Waals surface area (Å²) >= 11 is 0. The van der Waals surface area contributed by atoms with E-state index < -0.39 is 12.1 Å². The Balaban J connectivity index is 0.000000505. The number of fused-ring (bicyclic) bond motifs is 1. The summed E-state index contributed by atoms with van der Waals surface area (Å²) in [5.41, 5.74) is 2.83. The number of hydrogen-bond donors (Lipinski definition) is 4. The highest BCUT2D eigenvalue weighted by molar-refractivity contribution is 5.93. The monoisotopic (exact) mass is 542 g/mol. The number of hydrogen-bond acceptors (Lipinski definition) is 6. The molecule has 4 rings (SSSR count). The number of nitrogens with one attached hydrogen (secondary N) is 3. The third kappa shape index (κ3) is 6.90. The van der Waals surface area contributed by atoms with Crippen LogP contribution in [0.2, 0.25) is 0 Å². The zero-order valence-electron chi connectivity index (χ0n) is 21.2. The minimum atomic E-state index is -5.08. The number of carboxylic acids is 1. The molecule has 1 aliphatic rings. The Morgan fingerprint density at radius 1 is 1.16 bits per heavy atom. The zero-order chi connectivity index (χ0) is 28.0. The van der Waals surface area contributed by atoms with E-state index in [9.17, 15) is 22.4 Å². The van der Waals surface area contributed by atoms with E-state index in [1.54, 1.807) is 11.1 Å². The Labute approximate surface area is 215 Å². The second kappa shape index (κ2) is 12.1. The van der Waals surface area contributed by atoms with Crippen molar-refractivity contribution in [3.05, 3.63) is 24.1 Å². The fourth-order valence-corrected chi connectivity index (χ4v) is 3.93. The van der Waals surface area contributed by atoms with Gasteiger partial charge < -0.3 is 30.1 Å². The molecule has 3 aromatic rings. The molecule has 0 atom stereocenters. The van der Waals surface area contributed by atoms with Crippen LogP contribution in [-0.4, -0.2) is 99.6 Å². The Morgan fingerprint density at radius 2 is 1.84 bits per heavy atom. The van der Waals surface area contributed by atoms with Crippen LogP contribution >= 0.6 is 0 Å². The first kappa shape index (κ1) is 28.7. The predicted molar refractivity (Wildman–Crippen MR) is 134 cm³/mol. The average Bonchev–Trinajstić information content (AvgIpc) is 3.41. The van der Waals surface area contributed by atoms with Gasteiger partial charge in [-0.05, 0) is 39.9 Å². The van der Waals surface area contributed by atoms with Gasteiger partial charge in [0.25, 0.3) is 0 Å². The Hall–Kier alpha value is -3.88. The number of aromatic nitrogens is 4. The third-order valence-corrected chi connectivity index (χ3v) is 6.01.